The number of benzene rings is 1. The van der Waals surface area contributed by atoms with Gasteiger partial charge < -0.3 is 11.1 Å². The average molecular weight is 387 g/mol. The van der Waals surface area contributed by atoms with Gasteiger partial charge in [-0.15, -0.1) is 16.4 Å². The number of nitrogens with zero attached hydrogens (tertiary/aromatic N) is 2. The van der Waals surface area contributed by atoms with Gasteiger partial charge in [0.1, 0.15) is 5.00 Å². The van der Waals surface area contributed by atoms with E-state index in [2.05, 4.69) is 20.5 Å². The van der Waals surface area contributed by atoms with Gasteiger partial charge in [0.15, 0.2) is 5.82 Å². The summed E-state index contributed by atoms with van der Waals surface area (Å²) < 4.78 is 0. The van der Waals surface area contributed by atoms with Crippen LogP contribution in [0.4, 0.5) is 5.00 Å². The van der Waals surface area contributed by atoms with Gasteiger partial charge in [-0.05, 0) is 25.3 Å². The van der Waals surface area contributed by atoms with Crippen molar-refractivity contribution in [3.63, 3.8) is 0 Å². The molecule has 0 aliphatic carbocycles. The van der Waals surface area contributed by atoms with Crippen molar-refractivity contribution in [2.45, 2.75) is 24.3 Å². The van der Waals surface area contributed by atoms with E-state index in [-0.39, 0.29) is 5.91 Å². The summed E-state index contributed by atoms with van der Waals surface area (Å²) in [7, 11) is 0. The van der Waals surface area contributed by atoms with Crippen LogP contribution in [0.3, 0.4) is 0 Å². The number of H-pyrrole nitrogens is 1. The minimum Gasteiger partial charge on any atom is -0.366 e. The van der Waals surface area contributed by atoms with Crippen molar-refractivity contribution in [2.24, 2.45) is 5.73 Å². The first-order chi connectivity index (χ1) is 12.4. The second-order valence-electron chi connectivity index (χ2n) is 5.61. The number of nitrogens with one attached hydrogen (secondary N) is 2. The van der Waals surface area contributed by atoms with Crippen molar-refractivity contribution < 1.29 is 9.59 Å². The summed E-state index contributed by atoms with van der Waals surface area (Å²) in [4.78, 5) is 28.1. The minimum atomic E-state index is -0.571. The molecule has 2 heterocycles. The van der Waals surface area contributed by atoms with Crippen LogP contribution in [-0.2, 0) is 4.79 Å². The van der Waals surface area contributed by atoms with Crippen molar-refractivity contribution in [1.82, 2.24) is 15.2 Å². The summed E-state index contributed by atoms with van der Waals surface area (Å²) in [5, 5.41) is 12.0. The zero-order valence-electron chi connectivity index (χ0n) is 14.1. The number of amides is 2. The first kappa shape index (κ1) is 18.2. The molecule has 9 heteroatoms. The number of carbonyl (C=O) groups is 2. The van der Waals surface area contributed by atoms with E-state index in [9.17, 15) is 9.59 Å². The molecule has 2 aromatic heterocycles. The maximum atomic E-state index is 12.4. The van der Waals surface area contributed by atoms with Gasteiger partial charge in [-0.2, -0.15) is 0 Å². The Morgan fingerprint density at radius 3 is 2.69 bits per heavy atom. The maximum Gasteiger partial charge on any atom is 0.251 e. The van der Waals surface area contributed by atoms with Gasteiger partial charge in [-0.25, -0.2) is 4.98 Å². The highest BCUT2D eigenvalue weighted by molar-refractivity contribution is 8.00. The number of aromatic amines is 1. The third kappa shape index (κ3) is 4.12. The highest BCUT2D eigenvalue weighted by atomic mass is 32.2. The van der Waals surface area contributed by atoms with Crippen molar-refractivity contribution in [3.8, 4) is 11.4 Å². The number of nitrogens with two attached hydrogens (primary N) is 1. The van der Waals surface area contributed by atoms with E-state index < -0.39 is 11.2 Å². The molecular weight excluding hydrogens is 370 g/mol. The van der Waals surface area contributed by atoms with E-state index in [1.54, 1.807) is 18.4 Å². The number of thiophene rings is 1. The second-order valence-corrected chi connectivity index (χ2v) is 7.83. The van der Waals surface area contributed by atoms with Crippen LogP contribution in [0.1, 0.15) is 22.8 Å². The third-order valence-corrected chi connectivity index (χ3v) is 5.40. The van der Waals surface area contributed by atoms with Crippen LogP contribution in [0.15, 0.2) is 40.9 Å². The summed E-state index contributed by atoms with van der Waals surface area (Å²) in [5.74, 6) is -0.172. The molecule has 7 nitrogen and oxygen atoms in total. The summed E-state index contributed by atoms with van der Waals surface area (Å²) in [5.41, 5.74) is 7.69. The van der Waals surface area contributed by atoms with E-state index in [4.69, 9.17) is 5.73 Å². The molecule has 1 atom stereocenters. The second kappa shape index (κ2) is 7.71. The van der Waals surface area contributed by atoms with Gasteiger partial charge in [0.25, 0.3) is 5.91 Å². The quantitative estimate of drug-likeness (QED) is 0.563. The Balaban J connectivity index is 1.65. The molecule has 1 aromatic carbocycles. The van der Waals surface area contributed by atoms with Crippen LogP contribution in [0.2, 0.25) is 0 Å². The SMILES string of the molecule is Cc1ccc(-c2nc(S[C@H](C)C(=O)Nc3sccc3C(N)=O)n[nH]2)cc1. The molecule has 0 fully saturated rings. The predicted molar refractivity (Wildman–Crippen MR) is 103 cm³/mol. The van der Waals surface area contributed by atoms with Crippen LogP contribution < -0.4 is 11.1 Å². The maximum absolute atomic E-state index is 12.4. The smallest absolute Gasteiger partial charge is 0.251 e. The first-order valence-electron chi connectivity index (χ1n) is 7.78. The molecule has 0 saturated heterocycles. The van der Waals surface area contributed by atoms with E-state index in [0.717, 1.165) is 11.1 Å². The molecule has 0 saturated carbocycles. The van der Waals surface area contributed by atoms with Crippen LogP contribution in [0, 0.1) is 6.92 Å². The summed E-state index contributed by atoms with van der Waals surface area (Å²) in [6.45, 7) is 3.77. The Bertz CT molecular complexity index is 933. The van der Waals surface area contributed by atoms with Crippen molar-refractivity contribution in [1.29, 1.82) is 0 Å². The zero-order chi connectivity index (χ0) is 18.7. The molecule has 0 unspecified atom stereocenters. The van der Waals surface area contributed by atoms with E-state index in [1.165, 1.54) is 23.1 Å². The van der Waals surface area contributed by atoms with Crippen LogP contribution >= 0.6 is 23.1 Å². The number of anilines is 1. The molecule has 3 rings (SSSR count). The zero-order valence-corrected chi connectivity index (χ0v) is 15.8. The highest BCUT2D eigenvalue weighted by Gasteiger charge is 2.20. The van der Waals surface area contributed by atoms with Gasteiger partial charge >= 0.3 is 0 Å². The van der Waals surface area contributed by atoms with E-state index in [0.29, 0.717) is 21.5 Å². The molecule has 3 aromatic rings. The van der Waals surface area contributed by atoms with Gasteiger partial charge in [-0.3, -0.25) is 14.7 Å². The molecule has 0 bridgehead atoms. The Labute approximate surface area is 158 Å². The Morgan fingerprint density at radius 1 is 1.27 bits per heavy atom. The number of aromatic nitrogens is 3. The molecule has 0 radical (unpaired) electrons. The lowest BCUT2D eigenvalue weighted by atomic mass is 10.1. The average Bonchev–Trinajstić information content (AvgIpc) is 3.25. The van der Waals surface area contributed by atoms with Crippen LogP contribution in [0.25, 0.3) is 11.4 Å². The van der Waals surface area contributed by atoms with Crippen molar-refractivity contribution in [2.75, 3.05) is 5.32 Å². The number of hydrogen-bond acceptors (Lipinski definition) is 6. The molecule has 4 N–H and O–H groups in total. The van der Waals surface area contributed by atoms with E-state index in [1.807, 2.05) is 31.2 Å². The van der Waals surface area contributed by atoms with Gasteiger partial charge in [-0.1, -0.05) is 41.6 Å². The highest BCUT2D eigenvalue weighted by Crippen LogP contribution is 2.26. The lowest BCUT2D eigenvalue weighted by molar-refractivity contribution is -0.115. The summed E-state index contributed by atoms with van der Waals surface area (Å²) >= 11 is 2.48. The lowest BCUT2D eigenvalue weighted by Crippen LogP contribution is -2.23. The predicted octanol–water partition coefficient (Wildman–Crippen LogP) is 3.06. The largest absolute Gasteiger partial charge is 0.366 e. The Morgan fingerprint density at radius 2 is 2.00 bits per heavy atom. The number of thioether (sulfide) groups is 1. The van der Waals surface area contributed by atoms with Gasteiger partial charge in [0.05, 0.1) is 10.8 Å². The standard InChI is InChI=1S/C17H17N5O2S2/c1-9-3-5-11(6-4-9)14-19-17(22-21-14)26-10(2)15(24)20-16-12(13(18)23)7-8-25-16/h3-8,10H,1-2H3,(H2,18,23)(H,20,24)(H,19,21,22)/t10-/m1/s1. The summed E-state index contributed by atoms with van der Waals surface area (Å²) in [6, 6.07) is 9.50. The first-order valence-corrected chi connectivity index (χ1v) is 9.54. The normalized spacial score (nSPS) is 11.9. The van der Waals surface area contributed by atoms with Gasteiger partial charge in [0, 0.05) is 5.56 Å². The molecule has 0 spiro atoms. The van der Waals surface area contributed by atoms with Gasteiger partial charge in [0.2, 0.25) is 11.1 Å². The fourth-order valence-corrected chi connectivity index (χ4v) is 3.68. The number of hydrogen-bond donors (Lipinski definition) is 3. The minimum absolute atomic E-state index is 0.248. The number of primary amides is 1. The molecule has 0 aliphatic heterocycles. The monoisotopic (exact) mass is 387 g/mol. The van der Waals surface area contributed by atoms with Crippen molar-refractivity contribution in [3.05, 3.63) is 46.8 Å². The van der Waals surface area contributed by atoms with Crippen LogP contribution in [-0.4, -0.2) is 32.2 Å². The fraction of sp³-hybridized carbons (Fsp3) is 0.176. The third-order valence-electron chi connectivity index (χ3n) is 3.61. The molecule has 2 amide bonds. The topological polar surface area (TPSA) is 114 Å². The Kier molecular flexibility index (Phi) is 5.38. The van der Waals surface area contributed by atoms with Crippen LogP contribution in [0.5, 0.6) is 0 Å². The molecule has 134 valence electrons. The number of carbonyl (C=O) groups excluding carboxylic acids is 2. The number of rotatable bonds is 6. The summed E-state index contributed by atoms with van der Waals surface area (Å²) in [6.07, 6.45) is 0. The molecule has 26 heavy (non-hydrogen) atoms. The molecule has 0 aliphatic rings. The molecular formula is C17H17N5O2S2. The van der Waals surface area contributed by atoms with E-state index >= 15 is 0 Å². The fourth-order valence-electron chi connectivity index (χ4n) is 2.16. The van der Waals surface area contributed by atoms with Crippen molar-refractivity contribution >= 4 is 39.9 Å². The Hall–Kier alpha value is -2.65. The lowest BCUT2D eigenvalue weighted by Gasteiger charge is -2.09. The number of aryl methyl sites for hydroxylation is 1.